The Morgan fingerprint density at radius 1 is 1.29 bits per heavy atom. The van der Waals surface area contributed by atoms with E-state index in [2.05, 4.69) is 31.2 Å². The van der Waals surface area contributed by atoms with Crippen molar-refractivity contribution in [1.29, 1.82) is 0 Å². The Morgan fingerprint density at radius 2 is 2.14 bits per heavy atom. The zero-order valence-corrected chi connectivity index (χ0v) is 8.42. The molecule has 0 aliphatic heterocycles. The van der Waals surface area contributed by atoms with Crippen LogP contribution in [0.4, 0.5) is 0 Å². The summed E-state index contributed by atoms with van der Waals surface area (Å²) in [5.41, 5.74) is 7.67. The monoisotopic (exact) mass is 189 g/mol. The molecule has 0 radical (unpaired) electrons. The van der Waals surface area contributed by atoms with Crippen LogP contribution in [0, 0.1) is 6.92 Å². The van der Waals surface area contributed by atoms with Crippen LogP contribution in [0.1, 0.15) is 17.7 Å². The molecule has 0 saturated heterocycles. The lowest BCUT2D eigenvalue weighted by molar-refractivity contribution is 0.540. The Morgan fingerprint density at radius 3 is 2.93 bits per heavy atom. The number of rotatable bonds is 3. The van der Waals surface area contributed by atoms with Gasteiger partial charge in [0.1, 0.15) is 11.3 Å². The molecule has 2 rings (SSSR count). The van der Waals surface area contributed by atoms with E-state index >= 15 is 0 Å². The van der Waals surface area contributed by atoms with Crippen molar-refractivity contribution in [1.82, 2.24) is 0 Å². The molecule has 74 valence electrons. The molecule has 2 nitrogen and oxygen atoms in total. The van der Waals surface area contributed by atoms with Crippen molar-refractivity contribution in [3.8, 4) is 0 Å². The van der Waals surface area contributed by atoms with Gasteiger partial charge in [-0.1, -0.05) is 12.1 Å². The fraction of sp³-hybridized carbons (Fsp3) is 0.333. The summed E-state index contributed by atoms with van der Waals surface area (Å²) in [6, 6.07) is 8.37. The Hall–Kier alpha value is -1.28. The maximum Gasteiger partial charge on any atom is 0.134 e. The van der Waals surface area contributed by atoms with Crippen molar-refractivity contribution in [2.45, 2.75) is 19.8 Å². The van der Waals surface area contributed by atoms with E-state index in [-0.39, 0.29) is 0 Å². The van der Waals surface area contributed by atoms with E-state index < -0.39 is 0 Å². The molecule has 2 N–H and O–H groups in total. The van der Waals surface area contributed by atoms with Crippen molar-refractivity contribution in [2.75, 3.05) is 6.54 Å². The van der Waals surface area contributed by atoms with Gasteiger partial charge in [-0.2, -0.15) is 0 Å². The molecule has 0 amide bonds. The predicted molar refractivity (Wildman–Crippen MR) is 58.3 cm³/mol. The van der Waals surface area contributed by atoms with E-state index in [4.69, 9.17) is 10.2 Å². The molecule has 0 aliphatic carbocycles. The van der Waals surface area contributed by atoms with E-state index in [0.717, 1.165) is 30.7 Å². The Kier molecular flexibility index (Phi) is 2.55. The summed E-state index contributed by atoms with van der Waals surface area (Å²) in [4.78, 5) is 0. The minimum Gasteiger partial charge on any atom is -0.461 e. The molecule has 0 aliphatic rings. The van der Waals surface area contributed by atoms with Crippen LogP contribution in [0.3, 0.4) is 0 Å². The van der Waals surface area contributed by atoms with Gasteiger partial charge in [0.15, 0.2) is 0 Å². The first kappa shape index (κ1) is 9.28. The average molecular weight is 189 g/mol. The zero-order chi connectivity index (χ0) is 9.97. The van der Waals surface area contributed by atoms with Gasteiger partial charge in [0.05, 0.1) is 0 Å². The first-order chi connectivity index (χ1) is 6.79. The standard InChI is InChI=1S/C12H15NO/c1-9-4-5-10-8-11(3-2-6-13)14-12(10)7-9/h4-5,7-8H,2-3,6,13H2,1H3. The van der Waals surface area contributed by atoms with Gasteiger partial charge in [0.25, 0.3) is 0 Å². The van der Waals surface area contributed by atoms with Gasteiger partial charge in [-0.3, -0.25) is 0 Å². The van der Waals surface area contributed by atoms with Gasteiger partial charge < -0.3 is 10.2 Å². The summed E-state index contributed by atoms with van der Waals surface area (Å²) in [7, 11) is 0. The van der Waals surface area contributed by atoms with Crippen LogP contribution in [0.2, 0.25) is 0 Å². The van der Waals surface area contributed by atoms with Crippen molar-refractivity contribution >= 4 is 11.0 Å². The zero-order valence-electron chi connectivity index (χ0n) is 8.42. The van der Waals surface area contributed by atoms with Gasteiger partial charge in [-0.25, -0.2) is 0 Å². The Bertz CT molecular complexity index is 431. The van der Waals surface area contributed by atoms with Gasteiger partial charge in [-0.05, 0) is 37.6 Å². The third-order valence-electron chi connectivity index (χ3n) is 2.35. The van der Waals surface area contributed by atoms with E-state index in [1.165, 1.54) is 10.9 Å². The largest absolute Gasteiger partial charge is 0.461 e. The second-order valence-corrected chi connectivity index (χ2v) is 3.65. The van der Waals surface area contributed by atoms with Crippen molar-refractivity contribution in [3.63, 3.8) is 0 Å². The fourth-order valence-electron chi connectivity index (χ4n) is 1.59. The van der Waals surface area contributed by atoms with E-state index in [0.29, 0.717) is 0 Å². The lowest BCUT2D eigenvalue weighted by Crippen LogP contribution is -1.99. The second kappa shape index (κ2) is 3.84. The van der Waals surface area contributed by atoms with Gasteiger partial charge in [-0.15, -0.1) is 0 Å². The maximum atomic E-state index is 5.70. The van der Waals surface area contributed by atoms with Gasteiger partial charge in [0.2, 0.25) is 0 Å². The van der Waals surface area contributed by atoms with Crippen LogP contribution in [0.25, 0.3) is 11.0 Å². The average Bonchev–Trinajstić information content (AvgIpc) is 2.56. The predicted octanol–water partition coefficient (Wildman–Crippen LogP) is 2.63. The number of benzene rings is 1. The molecular weight excluding hydrogens is 174 g/mol. The third kappa shape index (κ3) is 1.80. The molecule has 0 spiro atoms. The van der Waals surface area contributed by atoms with Crippen LogP contribution in [-0.2, 0) is 6.42 Å². The summed E-state index contributed by atoms with van der Waals surface area (Å²) in [6.07, 6.45) is 1.92. The highest BCUT2D eigenvalue weighted by Gasteiger charge is 2.02. The normalized spacial score (nSPS) is 11.0. The minimum absolute atomic E-state index is 0.718. The number of aryl methyl sites for hydroxylation is 2. The number of nitrogens with two attached hydrogens (primary N) is 1. The maximum absolute atomic E-state index is 5.70. The summed E-state index contributed by atoms with van der Waals surface area (Å²) >= 11 is 0. The quantitative estimate of drug-likeness (QED) is 0.806. The molecule has 2 aromatic rings. The Balaban J connectivity index is 2.32. The SMILES string of the molecule is Cc1ccc2cc(CCCN)oc2c1. The highest BCUT2D eigenvalue weighted by atomic mass is 16.3. The first-order valence-corrected chi connectivity index (χ1v) is 4.99. The second-order valence-electron chi connectivity index (χ2n) is 3.65. The highest BCUT2D eigenvalue weighted by molar-refractivity contribution is 5.78. The molecule has 0 atom stereocenters. The molecule has 1 heterocycles. The number of furan rings is 1. The van der Waals surface area contributed by atoms with Crippen molar-refractivity contribution < 1.29 is 4.42 Å². The van der Waals surface area contributed by atoms with Crippen LogP contribution < -0.4 is 5.73 Å². The topological polar surface area (TPSA) is 39.2 Å². The van der Waals surface area contributed by atoms with Crippen LogP contribution in [0.15, 0.2) is 28.7 Å². The molecule has 0 bridgehead atoms. The molecule has 1 aromatic heterocycles. The Labute approximate surface area is 83.7 Å². The highest BCUT2D eigenvalue weighted by Crippen LogP contribution is 2.21. The first-order valence-electron chi connectivity index (χ1n) is 4.99. The van der Waals surface area contributed by atoms with Crippen LogP contribution in [0.5, 0.6) is 0 Å². The fourth-order valence-corrected chi connectivity index (χ4v) is 1.59. The van der Waals surface area contributed by atoms with Crippen molar-refractivity contribution in [3.05, 3.63) is 35.6 Å². The summed E-state index contributed by atoms with van der Waals surface area (Å²) in [6.45, 7) is 2.79. The summed E-state index contributed by atoms with van der Waals surface area (Å²) in [5, 5.41) is 1.18. The molecule has 14 heavy (non-hydrogen) atoms. The summed E-state index contributed by atoms with van der Waals surface area (Å²) < 4.78 is 5.70. The lowest BCUT2D eigenvalue weighted by Gasteiger charge is -1.92. The van der Waals surface area contributed by atoms with E-state index in [9.17, 15) is 0 Å². The smallest absolute Gasteiger partial charge is 0.134 e. The lowest BCUT2D eigenvalue weighted by atomic mass is 10.2. The molecule has 1 aromatic carbocycles. The van der Waals surface area contributed by atoms with Gasteiger partial charge in [0, 0.05) is 11.8 Å². The third-order valence-corrected chi connectivity index (χ3v) is 2.35. The van der Waals surface area contributed by atoms with Crippen LogP contribution >= 0.6 is 0 Å². The number of fused-ring (bicyclic) bond motifs is 1. The summed E-state index contributed by atoms with van der Waals surface area (Å²) in [5.74, 6) is 1.04. The van der Waals surface area contributed by atoms with E-state index in [1.54, 1.807) is 0 Å². The van der Waals surface area contributed by atoms with Crippen LogP contribution in [-0.4, -0.2) is 6.54 Å². The molecule has 0 unspecified atom stereocenters. The van der Waals surface area contributed by atoms with Crippen molar-refractivity contribution in [2.24, 2.45) is 5.73 Å². The molecule has 0 saturated carbocycles. The van der Waals surface area contributed by atoms with E-state index in [1.807, 2.05) is 0 Å². The van der Waals surface area contributed by atoms with Gasteiger partial charge >= 0.3 is 0 Å². The number of hydrogen-bond acceptors (Lipinski definition) is 2. The minimum atomic E-state index is 0.718. The molecule has 2 heteroatoms. The molecular formula is C12H15NO. The molecule has 0 fully saturated rings. The number of hydrogen-bond donors (Lipinski definition) is 1.